The molecule has 0 rings (SSSR count). The highest BCUT2D eigenvalue weighted by Crippen LogP contribution is 1.99. The summed E-state index contributed by atoms with van der Waals surface area (Å²) in [7, 11) is 0. The van der Waals surface area contributed by atoms with Crippen LogP contribution in [0.4, 0.5) is 0 Å². The summed E-state index contributed by atoms with van der Waals surface area (Å²) in [6.07, 6.45) is 11.5. The molecular formula is C12H24O3. The molecule has 3 nitrogen and oxygen atoms in total. The van der Waals surface area contributed by atoms with E-state index < -0.39 is 5.97 Å². The Labute approximate surface area is 92.8 Å². The quantitative estimate of drug-likeness (QED) is 0.508. The smallest absolute Gasteiger partial charge is 0.300 e. The van der Waals surface area contributed by atoms with Gasteiger partial charge in [0.25, 0.3) is 5.97 Å². The lowest BCUT2D eigenvalue weighted by molar-refractivity contribution is -0.134. The Balaban J connectivity index is 0. The van der Waals surface area contributed by atoms with Crippen LogP contribution in [0.1, 0.15) is 52.4 Å². The summed E-state index contributed by atoms with van der Waals surface area (Å²) in [5.41, 5.74) is 0. The van der Waals surface area contributed by atoms with Gasteiger partial charge in [0.05, 0.1) is 0 Å². The maximum Gasteiger partial charge on any atom is 0.300 e. The molecule has 0 aromatic rings. The predicted molar refractivity (Wildman–Crippen MR) is 62.9 cm³/mol. The third-order valence-corrected chi connectivity index (χ3v) is 1.67. The van der Waals surface area contributed by atoms with Gasteiger partial charge in [-0.1, -0.05) is 31.9 Å². The molecule has 0 heterocycles. The zero-order valence-corrected chi connectivity index (χ0v) is 9.91. The molecule has 0 amide bonds. The molecule has 0 unspecified atom stereocenters. The van der Waals surface area contributed by atoms with Crippen molar-refractivity contribution in [1.82, 2.24) is 0 Å². The van der Waals surface area contributed by atoms with Gasteiger partial charge in [-0.3, -0.25) is 4.79 Å². The van der Waals surface area contributed by atoms with Crippen molar-refractivity contribution < 1.29 is 15.0 Å². The zero-order chi connectivity index (χ0) is 11.9. The fourth-order valence-corrected chi connectivity index (χ4v) is 0.932. The van der Waals surface area contributed by atoms with Gasteiger partial charge in [0.2, 0.25) is 0 Å². The number of aliphatic hydroxyl groups excluding tert-OH is 1. The molecule has 90 valence electrons. The number of aliphatic hydroxyl groups is 1. The number of unbranched alkanes of at least 4 members (excludes halogenated alkanes) is 4. The Morgan fingerprint density at radius 3 is 2.00 bits per heavy atom. The van der Waals surface area contributed by atoms with E-state index in [2.05, 4.69) is 19.1 Å². The second-order valence-corrected chi connectivity index (χ2v) is 3.35. The molecule has 0 saturated carbocycles. The molecule has 0 aliphatic carbocycles. The second kappa shape index (κ2) is 15.6. The summed E-state index contributed by atoms with van der Waals surface area (Å²) in [6, 6.07) is 0. The summed E-state index contributed by atoms with van der Waals surface area (Å²) in [5, 5.41) is 15.9. The highest BCUT2D eigenvalue weighted by Gasteiger charge is 1.82. The maximum absolute atomic E-state index is 9.00. The van der Waals surface area contributed by atoms with E-state index in [4.69, 9.17) is 15.0 Å². The molecule has 0 saturated heterocycles. The first-order valence-corrected chi connectivity index (χ1v) is 5.60. The molecule has 0 bridgehead atoms. The lowest BCUT2D eigenvalue weighted by Gasteiger charge is -1.91. The number of carboxylic acid groups (broad SMARTS) is 1. The Kier molecular flexibility index (Phi) is 17.3. The van der Waals surface area contributed by atoms with Crippen molar-refractivity contribution in [2.24, 2.45) is 0 Å². The highest BCUT2D eigenvalue weighted by molar-refractivity contribution is 5.62. The number of allylic oxidation sites excluding steroid dienone is 2. The summed E-state index contributed by atoms with van der Waals surface area (Å²) in [4.78, 5) is 9.00. The van der Waals surface area contributed by atoms with Gasteiger partial charge < -0.3 is 10.2 Å². The number of aliphatic carboxylic acids is 1. The minimum Gasteiger partial charge on any atom is -0.481 e. The van der Waals surface area contributed by atoms with Crippen LogP contribution in [0.2, 0.25) is 0 Å². The normalized spacial score (nSPS) is 9.80. The van der Waals surface area contributed by atoms with E-state index in [1.54, 1.807) is 0 Å². The van der Waals surface area contributed by atoms with Crippen molar-refractivity contribution in [1.29, 1.82) is 0 Å². The van der Waals surface area contributed by atoms with Crippen LogP contribution < -0.4 is 0 Å². The first kappa shape index (κ1) is 16.6. The fraction of sp³-hybridized carbons (Fsp3) is 0.750. The van der Waals surface area contributed by atoms with E-state index in [9.17, 15) is 0 Å². The van der Waals surface area contributed by atoms with Crippen LogP contribution in [0, 0.1) is 0 Å². The van der Waals surface area contributed by atoms with E-state index in [1.807, 2.05) is 0 Å². The van der Waals surface area contributed by atoms with Crippen molar-refractivity contribution in [3.8, 4) is 0 Å². The Morgan fingerprint density at radius 2 is 1.60 bits per heavy atom. The summed E-state index contributed by atoms with van der Waals surface area (Å²) in [6.45, 7) is 3.63. The third-order valence-electron chi connectivity index (χ3n) is 1.67. The number of carbonyl (C=O) groups is 1. The molecule has 0 aliphatic rings. The van der Waals surface area contributed by atoms with Crippen molar-refractivity contribution in [3.63, 3.8) is 0 Å². The van der Waals surface area contributed by atoms with Gasteiger partial charge in [-0.05, 0) is 25.7 Å². The van der Waals surface area contributed by atoms with Gasteiger partial charge in [-0.25, -0.2) is 0 Å². The number of carboxylic acids is 1. The predicted octanol–water partition coefficient (Wildman–Crippen LogP) is 2.99. The van der Waals surface area contributed by atoms with Gasteiger partial charge in [-0.15, -0.1) is 0 Å². The van der Waals surface area contributed by atoms with Crippen LogP contribution in [0.3, 0.4) is 0 Å². The summed E-state index contributed by atoms with van der Waals surface area (Å²) in [5.74, 6) is -0.833. The molecular weight excluding hydrogens is 192 g/mol. The molecule has 3 heteroatoms. The Morgan fingerprint density at radius 1 is 1.13 bits per heavy atom. The molecule has 0 atom stereocenters. The van der Waals surface area contributed by atoms with E-state index in [-0.39, 0.29) is 0 Å². The molecule has 0 spiro atoms. The van der Waals surface area contributed by atoms with Gasteiger partial charge in [0, 0.05) is 13.5 Å². The number of hydrogen-bond acceptors (Lipinski definition) is 2. The fourth-order valence-electron chi connectivity index (χ4n) is 0.932. The van der Waals surface area contributed by atoms with Crippen molar-refractivity contribution in [2.75, 3.05) is 6.61 Å². The van der Waals surface area contributed by atoms with Gasteiger partial charge in [-0.2, -0.15) is 0 Å². The van der Waals surface area contributed by atoms with Crippen LogP contribution in [0.15, 0.2) is 12.2 Å². The Bertz CT molecular complexity index is 149. The van der Waals surface area contributed by atoms with Crippen molar-refractivity contribution >= 4 is 5.97 Å². The standard InChI is InChI=1S/C10H20O.C2H4O2/c1-2-3-4-5-6-7-8-9-10-11;1-2(3)4/h5-6,11H,2-4,7-10H2,1H3;1H3,(H,3,4)/b6-5+;. The highest BCUT2D eigenvalue weighted by atomic mass is 16.4. The second-order valence-electron chi connectivity index (χ2n) is 3.35. The third kappa shape index (κ3) is 32.0. The van der Waals surface area contributed by atoms with Gasteiger partial charge >= 0.3 is 0 Å². The molecule has 0 radical (unpaired) electrons. The summed E-state index contributed by atoms with van der Waals surface area (Å²) < 4.78 is 0. The SMILES string of the molecule is CC(=O)O.CCCC/C=C/CCCCO. The maximum atomic E-state index is 9.00. The number of rotatable bonds is 7. The summed E-state index contributed by atoms with van der Waals surface area (Å²) >= 11 is 0. The average Bonchev–Trinajstić information content (AvgIpc) is 2.16. The molecule has 0 fully saturated rings. The lowest BCUT2D eigenvalue weighted by atomic mass is 10.2. The van der Waals surface area contributed by atoms with Crippen molar-refractivity contribution in [3.05, 3.63) is 12.2 Å². The number of hydrogen-bond donors (Lipinski definition) is 2. The van der Waals surface area contributed by atoms with E-state index in [1.165, 1.54) is 19.3 Å². The lowest BCUT2D eigenvalue weighted by Crippen LogP contribution is -1.80. The van der Waals surface area contributed by atoms with Crippen LogP contribution in [0.5, 0.6) is 0 Å². The minimum absolute atomic E-state index is 0.336. The van der Waals surface area contributed by atoms with Crippen LogP contribution >= 0.6 is 0 Å². The molecule has 0 aliphatic heterocycles. The average molecular weight is 216 g/mol. The molecule has 2 N–H and O–H groups in total. The van der Waals surface area contributed by atoms with Crippen molar-refractivity contribution in [2.45, 2.75) is 52.4 Å². The van der Waals surface area contributed by atoms with E-state index in [0.29, 0.717) is 6.61 Å². The van der Waals surface area contributed by atoms with Crippen LogP contribution in [-0.4, -0.2) is 22.8 Å². The van der Waals surface area contributed by atoms with E-state index >= 15 is 0 Å². The topological polar surface area (TPSA) is 57.5 Å². The molecule has 15 heavy (non-hydrogen) atoms. The first-order valence-electron chi connectivity index (χ1n) is 5.60. The minimum atomic E-state index is -0.833. The van der Waals surface area contributed by atoms with Gasteiger partial charge in [0.1, 0.15) is 0 Å². The monoisotopic (exact) mass is 216 g/mol. The molecule has 0 aromatic carbocycles. The zero-order valence-electron chi connectivity index (χ0n) is 9.91. The first-order chi connectivity index (χ1) is 7.15. The molecule has 0 aromatic heterocycles. The van der Waals surface area contributed by atoms with E-state index in [0.717, 1.165) is 26.2 Å². The van der Waals surface area contributed by atoms with Gasteiger partial charge in [0.15, 0.2) is 0 Å². The largest absolute Gasteiger partial charge is 0.481 e. The van der Waals surface area contributed by atoms with Crippen LogP contribution in [0.25, 0.3) is 0 Å². The van der Waals surface area contributed by atoms with Crippen LogP contribution in [-0.2, 0) is 4.79 Å². The Hall–Kier alpha value is -0.830.